The van der Waals surface area contributed by atoms with Gasteiger partial charge in [0, 0.05) is 35.3 Å². The predicted molar refractivity (Wildman–Crippen MR) is 143 cm³/mol. The second-order valence-electron chi connectivity index (χ2n) is 8.59. The lowest BCUT2D eigenvalue weighted by molar-refractivity contribution is -0.231. The number of rotatable bonds is 19. The predicted octanol–water partition coefficient (Wildman–Crippen LogP) is 8.73. The van der Waals surface area contributed by atoms with Crippen molar-refractivity contribution in [3.05, 3.63) is 41.5 Å². The van der Waals surface area contributed by atoms with E-state index in [0.29, 0.717) is 6.42 Å². The number of hydrogen-bond acceptors (Lipinski definition) is 3. The molecule has 5 heteroatoms. The molecular weight excluding hydrogens is 532 g/mol. The third-order valence-corrected chi connectivity index (χ3v) is 7.26. The molecule has 0 saturated heterocycles. The molecular formula is C27H42Br2O3. The van der Waals surface area contributed by atoms with Crippen molar-refractivity contribution in [2.24, 2.45) is 0 Å². The van der Waals surface area contributed by atoms with E-state index in [9.17, 15) is 0 Å². The molecule has 0 saturated carbocycles. The van der Waals surface area contributed by atoms with Gasteiger partial charge in [0.1, 0.15) is 5.76 Å². The minimum Gasteiger partial charge on any atom is -0.493 e. The quantitative estimate of drug-likeness (QED) is 0.0940. The summed E-state index contributed by atoms with van der Waals surface area (Å²) in [6, 6.07) is 8.38. The number of halogens is 2. The Balaban J connectivity index is 1.80. The van der Waals surface area contributed by atoms with Crippen molar-refractivity contribution in [1.29, 1.82) is 0 Å². The van der Waals surface area contributed by atoms with Crippen LogP contribution < -0.4 is 0 Å². The summed E-state index contributed by atoms with van der Waals surface area (Å²) in [6.45, 7) is 1.49. The van der Waals surface area contributed by atoms with Gasteiger partial charge in [0.05, 0.1) is 13.2 Å². The van der Waals surface area contributed by atoms with E-state index in [0.717, 1.165) is 53.6 Å². The van der Waals surface area contributed by atoms with Crippen molar-refractivity contribution in [1.82, 2.24) is 0 Å². The zero-order valence-corrected chi connectivity index (χ0v) is 23.1. The summed E-state index contributed by atoms with van der Waals surface area (Å²) in [4.78, 5) is 0. The number of hydrogen-bond donors (Lipinski definition) is 0. The van der Waals surface area contributed by atoms with Gasteiger partial charge >= 0.3 is 0 Å². The number of methoxy groups -OCH3 is 1. The zero-order valence-electron chi connectivity index (χ0n) is 19.9. The van der Waals surface area contributed by atoms with Gasteiger partial charge in [-0.2, -0.15) is 0 Å². The first-order valence-corrected chi connectivity index (χ1v) is 14.8. The lowest BCUT2D eigenvalue weighted by Gasteiger charge is -2.36. The van der Waals surface area contributed by atoms with Crippen molar-refractivity contribution in [3.8, 4) is 0 Å². The van der Waals surface area contributed by atoms with E-state index >= 15 is 0 Å². The highest BCUT2D eigenvalue weighted by molar-refractivity contribution is 9.09. The fourth-order valence-electron chi connectivity index (χ4n) is 4.23. The molecule has 32 heavy (non-hydrogen) atoms. The van der Waals surface area contributed by atoms with E-state index in [1.807, 2.05) is 0 Å². The second-order valence-corrected chi connectivity index (χ2v) is 10.2. The van der Waals surface area contributed by atoms with Gasteiger partial charge in [-0.25, -0.2) is 0 Å². The fraction of sp³-hybridized carbons (Fsp3) is 0.704. The van der Waals surface area contributed by atoms with Gasteiger partial charge in [0.2, 0.25) is 0 Å². The Morgan fingerprint density at radius 2 is 1.31 bits per heavy atom. The molecule has 0 bridgehead atoms. The number of fused-ring (bicyclic) bond motifs is 1. The summed E-state index contributed by atoms with van der Waals surface area (Å²) >= 11 is 7.00. The first-order valence-electron chi connectivity index (χ1n) is 12.5. The summed E-state index contributed by atoms with van der Waals surface area (Å²) < 4.78 is 18.6. The maximum Gasteiger partial charge on any atom is 0.198 e. The van der Waals surface area contributed by atoms with E-state index in [4.69, 9.17) is 14.2 Å². The number of benzene rings is 1. The van der Waals surface area contributed by atoms with Gasteiger partial charge in [-0.15, -0.1) is 0 Å². The SMILES string of the molecule is COC1(OCCCCCCCCBr)CC=C(OCCCCCCCCBr)c2ccccc21. The Kier molecular flexibility index (Phi) is 14.9. The molecule has 0 heterocycles. The molecule has 0 aliphatic heterocycles. The average molecular weight is 574 g/mol. The fourth-order valence-corrected chi connectivity index (χ4v) is 5.02. The van der Waals surface area contributed by atoms with E-state index < -0.39 is 5.79 Å². The van der Waals surface area contributed by atoms with Gasteiger partial charge < -0.3 is 14.2 Å². The van der Waals surface area contributed by atoms with E-state index in [1.165, 1.54) is 64.2 Å². The summed E-state index contributed by atoms with van der Waals surface area (Å²) in [5, 5.41) is 2.23. The third-order valence-electron chi connectivity index (χ3n) is 6.14. The number of unbranched alkanes of at least 4 members (excludes halogenated alkanes) is 10. The minimum atomic E-state index is -0.700. The first kappa shape index (κ1) is 27.9. The molecule has 1 unspecified atom stereocenters. The molecule has 1 aromatic carbocycles. The van der Waals surface area contributed by atoms with Crippen LogP contribution in [0.3, 0.4) is 0 Å². The highest BCUT2D eigenvalue weighted by atomic mass is 79.9. The van der Waals surface area contributed by atoms with Crippen LogP contribution >= 0.6 is 31.9 Å². The maximum absolute atomic E-state index is 6.38. The summed E-state index contributed by atoms with van der Waals surface area (Å²) in [5.74, 6) is 0.275. The van der Waals surface area contributed by atoms with Crippen molar-refractivity contribution in [2.75, 3.05) is 31.0 Å². The number of ether oxygens (including phenoxy) is 3. The van der Waals surface area contributed by atoms with Gasteiger partial charge in [-0.1, -0.05) is 107 Å². The zero-order chi connectivity index (χ0) is 22.9. The van der Waals surface area contributed by atoms with Crippen LogP contribution in [-0.4, -0.2) is 31.0 Å². The molecule has 1 aromatic rings. The molecule has 0 N–H and O–H groups in total. The highest BCUT2D eigenvalue weighted by Gasteiger charge is 2.38. The van der Waals surface area contributed by atoms with Crippen LogP contribution in [-0.2, 0) is 20.0 Å². The molecule has 1 aliphatic rings. The minimum absolute atomic E-state index is 0.688. The van der Waals surface area contributed by atoms with Gasteiger partial charge in [0.15, 0.2) is 5.79 Å². The third kappa shape index (κ3) is 9.48. The molecule has 3 nitrogen and oxygen atoms in total. The van der Waals surface area contributed by atoms with Crippen LogP contribution in [0.4, 0.5) is 0 Å². The molecule has 0 aromatic heterocycles. The topological polar surface area (TPSA) is 27.7 Å². The average Bonchev–Trinajstić information content (AvgIpc) is 2.83. The molecule has 182 valence electrons. The smallest absolute Gasteiger partial charge is 0.198 e. The van der Waals surface area contributed by atoms with Crippen molar-refractivity contribution in [2.45, 2.75) is 89.3 Å². The maximum atomic E-state index is 6.38. The molecule has 0 radical (unpaired) electrons. The van der Waals surface area contributed by atoms with E-state index in [-0.39, 0.29) is 0 Å². The summed E-state index contributed by atoms with van der Waals surface area (Å²) in [6.07, 6.45) is 17.9. The van der Waals surface area contributed by atoms with Crippen LogP contribution in [0, 0.1) is 0 Å². The lowest BCUT2D eigenvalue weighted by atomic mass is 9.90. The van der Waals surface area contributed by atoms with Crippen LogP contribution in [0.5, 0.6) is 0 Å². The van der Waals surface area contributed by atoms with E-state index in [1.54, 1.807) is 7.11 Å². The van der Waals surface area contributed by atoms with Crippen LogP contribution in [0.15, 0.2) is 30.3 Å². The molecule has 1 aliphatic carbocycles. The lowest BCUT2D eigenvalue weighted by Crippen LogP contribution is -2.35. The first-order chi connectivity index (χ1) is 15.8. The Hall–Kier alpha value is -0.360. The highest BCUT2D eigenvalue weighted by Crippen LogP contribution is 2.41. The van der Waals surface area contributed by atoms with Crippen LogP contribution in [0.25, 0.3) is 5.76 Å². The molecule has 2 rings (SSSR count). The molecule has 0 amide bonds. The molecule has 1 atom stereocenters. The number of alkyl halides is 2. The van der Waals surface area contributed by atoms with Crippen LogP contribution in [0.2, 0.25) is 0 Å². The Morgan fingerprint density at radius 1 is 0.750 bits per heavy atom. The monoisotopic (exact) mass is 572 g/mol. The summed E-state index contributed by atoms with van der Waals surface area (Å²) in [7, 11) is 1.76. The standard InChI is InChI=1S/C27H42Br2O3/c1-30-27(32-23-15-9-5-3-7-13-21-29)19-18-26(24-16-10-11-17-25(24)27)31-22-14-8-4-2-6-12-20-28/h10-11,16-18H,2-9,12-15,19-23H2,1H3. The molecule has 0 fully saturated rings. The van der Waals surface area contributed by atoms with Crippen molar-refractivity contribution in [3.63, 3.8) is 0 Å². The van der Waals surface area contributed by atoms with Crippen LogP contribution in [0.1, 0.15) is 94.6 Å². The van der Waals surface area contributed by atoms with Crippen molar-refractivity contribution < 1.29 is 14.2 Å². The van der Waals surface area contributed by atoms with E-state index in [2.05, 4.69) is 62.2 Å². The Bertz CT molecular complexity index is 650. The normalized spacial score (nSPS) is 17.8. The Morgan fingerprint density at radius 3 is 1.94 bits per heavy atom. The van der Waals surface area contributed by atoms with Gasteiger partial charge in [0.25, 0.3) is 0 Å². The van der Waals surface area contributed by atoms with Gasteiger partial charge in [-0.3, -0.25) is 0 Å². The summed E-state index contributed by atoms with van der Waals surface area (Å²) in [5.41, 5.74) is 2.19. The largest absolute Gasteiger partial charge is 0.493 e. The molecule has 0 spiro atoms. The van der Waals surface area contributed by atoms with Crippen molar-refractivity contribution >= 4 is 37.6 Å². The van der Waals surface area contributed by atoms with Gasteiger partial charge in [-0.05, 0) is 31.8 Å². The Labute approximate surface area is 212 Å². The second kappa shape index (κ2) is 17.1.